The zero-order chi connectivity index (χ0) is 6.24. The second kappa shape index (κ2) is 10.3. The molecule has 0 aliphatic heterocycles. The van der Waals surface area contributed by atoms with Gasteiger partial charge in [0.1, 0.15) is 0 Å². The fourth-order valence-corrected chi connectivity index (χ4v) is 0.385. The molecule has 0 aliphatic carbocycles. The lowest BCUT2D eigenvalue weighted by Crippen LogP contribution is -1.47. The van der Waals surface area contributed by atoms with Gasteiger partial charge in [-0.15, -0.1) is 25.6 Å². The van der Waals surface area contributed by atoms with Crippen molar-refractivity contribution in [2.75, 3.05) is 0 Å². The van der Waals surface area contributed by atoms with E-state index in [1.165, 1.54) is 0 Å². The van der Waals surface area contributed by atoms with E-state index in [1.54, 1.807) is 0 Å². The van der Waals surface area contributed by atoms with Crippen molar-refractivity contribution in [2.45, 2.75) is 0 Å². The average Bonchev–Trinajstić information content (AvgIpc) is 1.96. The number of hydrogen-bond donors (Lipinski definition) is 0. The molecule has 0 atom stereocenters. The highest BCUT2D eigenvalue weighted by molar-refractivity contribution is 5.85. The van der Waals surface area contributed by atoms with Gasteiger partial charge in [-0.2, -0.15) is 0 Å². The van der Waals surface area contributed by atoms with Crippen LogP contribution >= 0.6 is 12.4 Å². The summed E-state index contributed by atoms with van der Waals surface area (Å²) in [6.07, 6.45) is 0. The van der Waals surface area contributed by atoms with Gasteiger partial charge in [-0.25, -0.2) is 0 Å². The maximum Gasteiger partial charge on any atom is -0.0623 e. The highest BCUT2D eigenvalue weighted by atomic mass is 35.5. The molecule has 0 aliphatic rings. The van der Waals surface area contributed by atoms with Crippen molar-refractivity contribution in [3.63, 3.8) is 0 Å². The van der Waals surface area contributed by atoms with E-state index in [2.05, 4.69) is 13.2 Å². The Balaban J connectivity index is 0. The molecule has 0 unspecified atom stereocenters. The van der Waals surface area contributed by atoms with Gasteiger partial charge in [0, 0.05) is 0 Å². The van der Waals surface area contributed by atoms with Crippen LogP contribution in [0.4, 0.5) is 0 Å². The largest absolute Gasteiger partial charge is 0.147 e. The van der Waals surface area contributed by atoms with Gasteiger partial charge in [0.2, 0.25) is 0 Å². The van der Waals surface area contributed by atoms with E-state index in [0.29, 0.717) is 0 Å². The summed E-state index contributed by atoms with van der Waals surface area (Å²) in [4.78, 5) is 0. The molecule has 0 aromatic heterocycles. The van der Waals surface area contributed by atoms with Gasteiger partial charge in [0.05, 0.1) is 0 Å². The van der Waals surface area contributed by atoms with Gasteiger partial charge in [-0.3, -0.25) is 0 Å². The SMILES string of the molecule is C=C.Cl.c1ccccc1. The molecule has 50 valence electrons. The second-order valence-corrected chi connectivity index (χ2v) is 1.15. The van der Waals surface area contributed by atoms with Crippen LogP contribution in [0.3, 0.4) is 0 Å². The Hall–Kier alpha value is -0.750. The lowest BCUT2D eigenvalue weighted by Gasteiger charge is -1.69. The van der Waals surface area contributed by atoms with Crippen molar-refractivity contribution < 1.29 is 0 Å². The molecule has 9 heavy (non-hydrogen) atoms. The summed E-state index contributed by atoms with van der Waals surface area (Å²) in [7, 11) is 0. The number of rotatable bonds is 0. The highest BCUT2D eigenvalue weighted by Crippen LogP contribution is 1.79. The molecule has 0 nitrogen and oxygen atoms in total. The molecule has 0 heterocycles. The molecule has 0 amide bonds. The standard InChI is InChI=1S/C6H6.C2H4.ClH/c1-2-4-6-5-3-1;1-2;/h1-6H;1-2H2;1H. The van der Waals surface area contributed by atoms with E-state index in [0.717, 1.165) is 0 Å². The molecule has 0 N–H and O–H groups in total. The van der Waals surface area contributed by atoms with Crippen molar-refractivity contribution in [3.8, 4) is 0 Å². The zero-order valence-electron chi connectivity index (χ0n) is 5.29. The summed E-state index contributed by atoms with van der Waals surface area (Å²) in [6.45, 7) is 6.00. The molecule has 0 fully saturated rings. The van der Waals surface area contributed by atoms with Crippen molar-refractivity contribution in [1.82, 2.24) is 0 Å². The first kappa shape index (κ1) is 11.1. The van der Waals surface area contributed by atoms with Gasteiger partial charge < -0.3 is 0 Å². The summed E-state index contributed by atoms with van der Waals surface area (Å²) in [5, 5.41) is 0. The maximum atomic E-state index is 3.00. The minimum Gasteiger partial charge on any atom is -0.147 e. The van der Waals surface area contributed by atoms with Gasteiger partial charge in [-0.1, -0.05) is 36.4 Å². The fraction of sp³-hybridized carbons (Fsp3) is 0. The van der Waals surface area contributed by atoms with Crippen molar-refractivity contribution in [2.24, 2.45) is 0 Å². The van der Waals surface area contributed by atoms with Crippen LogP contribution in [0, 0.1) is 0 Å². The molecule has 1 aromatic carbocycles. The first-order valence-corrected chi connectivity index (χ1v) is 2.50. The molecular weight excluding hydrogens is 132 g/mol. The third-order valence-corrected chi connectivity index (χ3v) is 0.667. The normalized spacial score (nSPS) is 5.78. The Morgan fingerprint density at radius 3 is 0.778 bits per heavy atom. The van der Waals surface area contributed by atoms with Gasteiger partial charge in [-0.05, 0) is 0 Å². The minimum absolute atomic E-state index is 0. The molecule has 0 bridgehead atoms. The van der Waals surface area contributed by atoms with E-state index < -0.39 is 0 Å². The summed E-state index contributed by atoms with van der Waals surface area (Å²) in [5.41, 5.74) is 0. The molecule has 0 radical (unpaired) electrons. The van der Waals surface area contributed by atoms with Crippen LogP contribution < -0.4 is 0 Å². The summed E-state index contributed by atoms with van der Waals surface area (Å²) >= 11 is 0. The van der Waals surface area contributed by atoms with E-state index in [9.17, 15) is 0 Å². The van der Waals surface area contributed by atoms with E-state index in [1.807, 2.05) is 36.4 Å². The first-order chi connectivity index (χ1) is 4.00. The third kappa shape index (κ3) is 7.25. The van der Waals surface area contributed by atoms with Crippen molar-refractivity contribution in [3.05, 3.63) is 49.6 Å². The van der Waals surface area contributed by atoms with Gasteiger partial charge >= 0.3 is 0 Å². The lowest BCUT2D eigenvalue weighted by molar-refractivity contribution is 1.72. The third-order valence-electron chi connectivity index (χ3n) is 0.667. The fourth-order valence-electron chi connectivity index (χ4n) is 0.385. The van der Waals surface area contributed by atoms with E-state index in [-0.39, 0.29) is 12.4 Å². The quantitative estimate of drug-likeness (QED) is 0.489. The number of benzene rings is 1. The summed E-state index contributed by atoms with van der Waals surface area (Å²) in [6, 6.07) is 12.0. The first-order valence-electron chi connectivity index (χ1n) is 2.50. The Morgan fingerprint density at radius 2 is 0.667 bits per heavy atom. The van der Waals surface area contributed by atoms with Crippen molar-refractivity contribution in [1.29, 1.82) is 0 Å². The maximum absolute atomic E-state index is 3.00. The van der Waals surface area contributed by atoms with Crippen LogP contribution in [0.2, 0.25) is 0 Å². The molecule has 1 rings (SSSR count). The summed E-state index contributed by atoms with van der Waals surface area (Å²) in [5.74, 6) is 0. The molecule has 0 saturated heterocycles. The second-order valence-electron chi connectivity index (χ2n) is 1.15. The molecule has 1 aromatic rings. The average molecular weight is 143 g/mol. The van der Waals surface area contributed by atoms with Crippen LogP contribution in [0.1, 0.15) is 0 Å². The minimum atomic E-state index is 0. The smallest absolute Gasteiger partial charge is 0.0623 e. The lowest BCUT2D eigenvalue weighted by atomic mass is 10.4. The molecule has 1 heteroatoms. The van der Waals surface area contributed by atoms with Crippen LogP contribution in [0.25, 0.3) is 0 Å². The molecular formula is C8H11Cl. The Kier molecular flexibility index (Phi) is 12.7. The number of hydrogen-bond acceptors (Lipinski definition) is 0. The van der Waals surface area contributed by atoms with E-state index in [4.69, 9.17) is 0 Å². The van der Waals surface area contributed by atoms with E-state index >= 15 is 0 Å². The van der Waals surface area contributed by atoms with Crippen LogP contribution in [0.5, 0.6) is 0 Å². The molecule has 0 saturated carbocycles. The Labute approximate surface area is 62.6 Å². The van der Waals surface area contributed by atoms with Crippen LogP contribution in [-0.4, -0.2) is 0 Å². The Bertz CT molecular complexity index is 87.4. The van der Waals surface area contributed by atoms with Gasteiger partial charge in [0.15, 0.2) is 0 Å². The Morgan fingerprint density at radius 1 is 0.556 bits per heavy atom. The van der Waals surface area contributed by atoms with Crippen molar-refractivity contribution >= 4 is 12.4 Å². The highest BCUT2D eigenvalue weighted by Gasteiger charge is 1.57. The predicted molar refractivity (Wildman–Crippen MR) is 44.9 cm³/mol. The van der Waals surface area contributed by atoms with Gasteiger partial charge in [0.25, 0.3) is 0 Å². The van der Waals surface area contributed by atoms with Crippen LogP contribution in [0.15, 0.2) is 49.6 Å². The topological polar surface area (TPSA) is 0 Å². The summed E-state index contributed by atoms with van der Waals surface area (Å²) < 4.78 is 0. The monoisotopic (exact) mass is 142 g/mol. The number of halogens is 1. The molecule has 0 spiro atoms. The zero-order valence-corrected chi connectivity index (χ0v) is 6.10. The van der Waals surface area contributed by atoms with Crippen LogP contribution in [-0.2, 0) is 0 Å². The predicted octanol–water partition coefficient (Wildman–Crippen LogP) is 2.91.